The largest absolute Gasteiger partial charge is 0.324 e. The van der Waals surface area contributed by atoms with E-state index in [9.17, 15) is 4.39 Å². The summed E-state index contributed by atoms with van der Waals surface area (Å²) < 4.78 is 12.8. The van der Waals surface area contributed by atoms with Crippen molar-refractivity contribution in [3.8, 4) is 0 Å². The van der Waals surface area contributed by atoms with Gasteiger partial charge in [-0.25, -0.2) is 4.39 Å². The van der Waals surface area contributed by atoms with Crippen LogP contribution in [-0.2, 0) is 6.42 Å². The molecule has 1 nitrogen and oxygen atoms in total. The van der Waals surface area contributed by atoms with Crippen molar-refractivity contribution in [2.75, 3.05) is 5.75 Å². The highest BCUT2D eigenvalue weighted by Crippen LogP contribution is 2.21. The minimum atomic E-state index is -0.210. The third kappa shape index (κ3) is 4.08. The predicted octanol–water partition coefficient (Wildman–Crippen LogP) is 4.18. The van der Waals surface area contributed by atoms with E-state index in [1.54, 1.807) is 12.1 Å². The van der Waals surface area contributed by atoms with Gasteiger partial charge in [0.15, 0.2) is 0 Å². The van der Waals surface area contributed by atoms with Gasteiger partial charge < -0.3 is 5.73 Å². The summed E-state index contributed by atoms with van der Waals surface area (Å²) in [7, 11) is 0. The van der Waals surface area contributed by atoms with Crippen molar-refractivity contribution in [1.82, 2.24) is 0 Å². The molecular formula is C16H18FNS. The Balaban J connectivity index is 2.02. The van der Waals surface area contributed by atoms with Crippen LogP contribution in [0, 0.1) is 5.82 Å². The summed E-state index contributed by atoms with van der Waals surface area (Å²) in [6.07, 6.45) is 0.723. The van der Waals surface area contributed by atoms with Crippen molar-refractivity contribution >= 4 is 11.8 Å². The highest BCUT2D eigenvalue weighted by Gasteiger charge is 2.07. The highest BCUT2D eigenvalue weighted by atomic mass is 32.2. The van der Waals surface area contributed by atoms with Gasteiger partial charge in [0.2, 0.25) is 0 Å². The minimum Gasteiger partial charge on any atom is -0.324 e. The molecule has 0 saturated heterocycles. The molecule has 19 heavy (non-hydrogen) atoms. The molecule has 0 aromatic heterocycles. The van der Waals surface area contributed by atoms with Crippen LogP contribution in [0.4, 0.5) is 4.39 Å². The van der Waals surface area contributed by atoms with Crippen LogP contribution in [0.15, 0.2) is 53.4 Å². The fourth-order valence-electron chi connectivity index (χ4n) is 1.97. The normalized spacial score (nSPS) is 12.4. The number of hydrogen-bond acceptors (Lipinski definition) is 2. The topological polar surface area (TPSA) is 26.0 Å². The first kappa shape index (κ1) is 14.1. The summed E-state index contributed by atoms with van der Waals surface area (Å²) in [6.45, 7) is 2.14. The number of hydrogen-bond donors (Lipinski definition) is 1. The number of thioether (sulfide) groups is 1. The molecule has 0 radical (unpaired) electrons. The van der Waals surface area contributed by atoms with E-state index in [4.69, 9.17) is 5.73 Å². The lowest BCUT2D eigenvalue weighted by Gasteiger charge is -2.12. The lowest BCUT2D eigenvalue weighted by molar-refractivity contribution is 0.625. The molecule has 0 aliphatic heterocycles. The van der Waals surface area contributed by atoms with Gasteiger partial charge in [-0.2, -0.15) is 0 Å². The van der Waals surface area contributed by atoms with Gasteiger partial charge in [0.25, 0.3) is 0 Å². The van der Waals surface area contributed by atoms with Crippen molar-refractivity contribution in [3.63, 3.8) is 0 Å². The zero-order valence-electron chi connectivity index (χ0n) is 11.0. The predicted molar refractivity (Wildman–Crippen MR) is 79.9 cm³/mol. The number of rotatable bonds is 5. The molecule has 2 rings (SSSR count). The quantitative estimate of drug-likeness (QED) is 0.828. The fourth-order valence-corrected chi connectivity index (χ4v) is 2.63. The number of halogens is 1. The molecule has 0 aliphatic carbocycles. The molecule has 0 amide bonds. The lowest BCUT2D eigenvalue weighted by Crippen LogP contribution is -2.13. The first-order valence-corrected chi connectivity index (χ1v) is 7.40. The second-order valence-corrected chi connectivity index (χ2v) is 5.78. The zero-order valence-corrected chi connectivity index (χ0v) is 11.8. The average molecular weight is 275 g/mol. The van der Waals surface area contributed by atoms with Crippen molar-refractivity contribution in [3.05, 3.63) is 65.5 Å². The second-order valence-electron chi connectivity index (χ2n) is 4.44. The average Bonchev–Trinajstić information content (AvgIpc) is 2.42. The van der Waals surface area contributed by atoms with Gasteiger partial charge in [-0.15, -0.1) is 11.8 Å². The van der Waals surface area contributed by atoms with Crippen molar-refractivity contribution in [2.45, 2.75) is 24.3 Å². The third-order valence-corrected chi connectivity index (χ3v) is 3.88. The smallest absolute Gasteiger partial charge is 0.123 e. The Hall–Kier alpha value is -1.32. The minimum absolute atomic E-state index is 0.0499. The monoisotopic (exact) mass is 275 g/mol. The first-order valence-electron chi connectivity index (χ1n) is 6.42. The molecule has 2 aromatic rings. The fraction of sp³-hybridized carbons (Fsp3) is 0.250. The summed E-state index contributed by atoms with van der Waals surface area (Å²) in [4.78, 5) is 1.26. The van der Waals surface area contributed by atoms with Crippen LogP contribution in [0.1, 0.15) is 24.1 Å². The molecule has 100 valence electrons. The molecule has 2 N–H and O–H groups in total. The summed E-state index contributed by atoms with van der Waals surface area (Å²) in [5.41, 5.74) is 8.36. The zero-order chi connectivity index (χ0) is 13.7. The van der Waals surface area contributed by atoms with Gasteiger partial charge in [0, 0.05) is 10.9 Å². The van der Waals surface area contributed by atoms with Crippen LogP contribution in [0.2, 0.25) is 0 Å². The molecular weight excluding hydrogens is 257 g/mol. The lowest BCUT2D eigenvalue weighted by atomic mass is 10.00. The van der Waals surface area contributed by atoms with Gasteiger partial charge >= 0.3 is 0 Å². The molecule has 1 atom stereocenters. The van der Waals surface area contributed by atoms with Gasteiger partial charge in [-0.05, 0) is 47.6 Å². The van der Waals surface area contributed by atoms with E-state index in [2.05, 4.69) is 31.2 Å². The molecule has 3 heteroatoms. The SMILES string of the molecule is CCSc1ccc(C(N)Cc2ccc(F)cc2)cc1. The van der Waals surface area contributed by atoms with Crippen LogP contribution in [0.3, 0.4) is 0 Å². The number of nitrogens with two attached hydrogens (primary N) is 1. The Kier molecular flexibility index (Phi) is 5.00. The van der Waals surface area contributed by atoms with Crippen molar-refractivity contribution < 1.29 is 4.39 Å². The van der Waals surface area contributed by atoms with Crippen LogP contribution in [-0.4, -0.2) is 5.75 Å². The Morgan fingerprint density at radius 2 is 1.68 bits per heavy atom. The van der Waals surface area contributed by atoms with Crippen LogP contribution in [0.5, 0.6) is 0 Å². The Morgan fingerprint density at radius 1 is 1.05 bits per heavy atom. The second kappa shape index (κ2) is 6.73. The van der Waals surface area contributed by atoms with Crippen LogP contribution in [0.25, 0.3) is 0 Å². The summed E-state index contributed by atoms with van der Waals surface area (Å²) in [6, 6.07) is 14.8. The van der Waals surface area contributed by atoms with E-state index >= 15 is 0 Å². The van der Waals surface area contributed by atoms with E-state index in [0.29, 0.717) is 0 Å². The van der Waals surface area contributed by atoms with E-state index in [0.717, 1.165) is 23.3 Å². The molecule has 0 heterocycles. The van der Waals surface area contributed by atoms with Gasteiger partial charge in [-0.1, -0.05) is 31.2 Å². The standard InChI is InChI=1S/C16H18FNS/c1-2-19-15-9-5-13(6-10-15)16(18)11-12-3-7-14(17)8-4-12/h3-10,16H,2,11,18H2,1H3. The maximum absolute atomic E-state index is 12.8. The number of benzene rings is 2. The van der Waals surface area contributed by atoms with E-state index in [1.807, 2.05) is 11.8 Å². The Bertz CT molecular complexity index is 507. The van der Waals surface area contributed by atoms with Crippen LogP contribution >= 0.6 is 11.8 Å². The highest BCUT2D eigenvalue weighted by molar-refractivity contribution is 7.99. The Labute approximate surface area is 118 Å². The molecule has 0 fully saturated rings. The van der Waals surface area contributed by atoms with Crippen molar-refractivity contribution in [2.24, 2.45) is 5.73 Å². The Morgan fingerprint density at radius 3 is 2.26 bits per heavy atom. The van der Waals surface area contributed by atoms with Gasteiger partial charge in [0.1, 0.15) is 5.82 Å². The maximum Gasteiger partial charge on any atom is 0.123 e. The summed E-state index contributed by atoms with van der Waals surface area (Å²) in [5, 5.41) is 0. The van der Waals surface area contributed by atoms with E-state index < -0.39 is 0 Å². The molecule has 0 bridgehead atoms. The van der Waals surface area contributed by atoms with E-state index in [-0.39, 0.29) is 11.9 Å². The first-order chi connectivity index (χ1) is 9.19. The summed E-state index contributed by atoms with van der Waals surface area (Å²) in [5.74, 6) is 0.860. The third-order valence-electron chi connectivity index (χ3n) is 2.99. The van der Waals surface area contributed by atoms with Gasteiger partial charge in [0.05, 0.1) is 0 Å². The molecule has 1 unspecified atom stereocenters. The molecule has 2 aromatic carbocycles. The van der Waals surface area contributed by atoms with Crippen molar-refractivity contribution in [1.29, 1.82) is 0 Å². The molecule has 0 aliphatic rings. The van der Waals surface area contributed by atoms with E-state index in [1.165, 1.54) is 17.0 Å². The maximum atomic E-state index is 12.8. The molecule has 0 spiro atoms. The summed E-state index contributed by atoms with van der Waals surface area (Å²) >= 11 is 1.82. The van der Waals surface area contributed by atoms with Gasteiger partial charge in [-0.3, -0.25) is 0 Å². The molecule has 0 saturated carbocycles. The van der Waals surface area contributed by atoms with Crippen LogP contribution < -0.4 is 5.73 Å².